The molecule has 10 aromatic carbocycles. The van der Waals surface area contributed by atoms with Crippen LogP contribution in [0.3, 0.4) is 0 Å². The molecule has 17 aromatic rings. The molecule has 0 saturated carbocycles. The van der Waals surface area contributed by atoms with Crippen LogP contribution in [0, 0.1) is 159 Å². The monoisotopic (exact) mass is 1690 g/mol. The van der Waals surface area contributed by atoms with Crippen molar-refractivity contribution in [3.8, 4) is 22.3 Å². The Balaban J connectivity index is 0.000000157. The van der Waals surface area contributed by atoms with Crippen molar-refractivity contribution in [3.05, 3.63) is 537 Å². The van der Waals surface area contributed by atoms with Gasteiger partial charge in [-0.2, -0.15) is 0 Å². The van der Waals surface area contributed by atoms with E-state index in [-0.39, 0.29) is 16.6 Å². The van der Waals surface area contributed by atoms with Gasteiger partial charge in [-0.15, -0.1) is 0 Å². The molecule has 7 aromatic heterocycles. The molecule has 0 amide bonds. The van der Waals surface area contributed by atoms with Crippen LogP contribution in [0.4, 0.5) is 0 Å². The Morgan fingerprint density at radius 1 is 0.217 bits per heavy atom. The Bertz CT molecular complexity index is 5990. The van der Waals surface area contributed by atoms with Crippen LogP contribution in [-0.4, -0.2) is 40.7 Å². The number of ketones is 1. The average molecular weight is 1700 g/mol. The standard InChI is InChI=1S/C29H26.C27H24.C15H12O.C8H11N.6C7H9N/c1-19-5-11-23(12-6-19)29(24-13-7-20(2)8-14-24)27-17-21(3)9-15-25(27)26-16-10-22(4)18-28(26)29;1-21-13-17-25(18-14-21)27(23-9-5-3-6-10-23,24-11-7-4-8-12-24)26-19-15-22(2)16-20-26;1-9-3-5-11-12-6-4-10(2)8-14(12)15(16)13(11)7-9;1-6-4-5-7(2)9-8(6)3;1-6-3-7(2)5-8-4-6;1-6-3-4-8-5-7(6)2;1-6-3-4-8-7(2)5-6;1-6-3-4-7(2)8-5-6;1-6-4-3-5-8-7(6)2;1-6-4-3-5-7(2)8-6/h5-18H,1-4H3;3-20H,1-2H3;3-8H,1-2H3;4-5H,1-3H3;6*3-5H,1-2H3. The lowest BCUT2D eigenvalue weighted by Gasteiger charge is -2.37. The zero-order valence-electron chi connectivity index (χ0n) is 80.0. The molecule has 129 heavy (non-hydrogen) atoms. The Hall–Kier alpha value is -14.1. The SMILES string of the molecule is Cc1ccc(C(c2ccccc2)(c2ccccc2)c2ccc(C)cc2)cc1.Cc1ccc(C)c(C)n1.Cc1ccc(C)nc1.Cc1ccc(C2(c3ccc(C)cc3)c3cc(C)ccc3-c3ccc(C)cc32)cc1.Cc1ccc2c(c1)C(=O)c1cc(C)ccc1-2.Cc1cccc(C)n1.Cc1cccnc1C.Cc1ccnc(C)c1.Cc1ccncc1C.Cc1cncc(C)c1. The van der Waals surface area contributed by atoms with E-state index in [0.29, 0.717) is 0 Å². The largest absolute Gasteiger partial charge is 0.289 e. The summed E-state index contributed by atoms with van der Waals surface area (Å²) in [5.41, 5.74) is 44.3. The second-order valence-corrected chi connectivity index (χ2v) is 34.4. The predicted octanol–water partition coefficient (Wildman–Crippen LogP) is 29.7. The molecule has 652 valence electrons. The number of carbonyl (C=O) groups excluding carboxylic acids is 1. The van der Waals surface area contributed by atoms with Gasteiger partial charge in [0.2, 0.25) is 0 Å². The van der Waals surface area contributed by atoms with E-state index in [1.165, 1.54) is 134 Å². The molecule has 0 unspecified atom stereocenters. The summed E-state index contributed by atoms with van der Waals surface area (Å²) in [6.07, 6.45) is 12.9. The summed E-state index contributed by atoms with van der Waals surface area (Å²) in [4.78, 5) is 40.8. The lowest BCUT2D eigenvalue weighted by molar-refractivity contribution is 0.104. The van der Waals surface area contributed by atoms with Gasteiger partial charge < -0.3 is 0 Å². The third-order valence-electron chi connectivity index (χ3n) is 23.1. The summed E-state index contributed by atoms with van der Waals surface area (Å²) in [7, 11) is 0. The fourth-order valence-electron chi connectivity index (χ4n) is 15.7. The van der Waals surface area contributed by atoms with Gasteiger partial charge in [-0.1, -0.05) is 293 Å². The predicted molar refractivity (Wildman–Crippen MR) is 542 cm³/mol. The number of hydrogen-bond donors (Lipinski definition) is 0. The Kier molecular flexibility index (Phi) is 34.9. The van der Waals surface area contributed by atoms with Crippen molar-refractivity contribution in [1.29, 1.82) is 0 Å². The molecule has 0 bridgehead atoms. The molecule has 0 radical (unpaired) electrons. The molecule has 7 heterocycles. The minimum Gasteiger partial charge on any atom is -0.289 e. The van der Waals surface area contributed by atoms with Crippen molar-refractivity contribution in [2.24, 2.45) is 0 Å². The van der Waals surface area contributed by atoms with Crippen LogP contribution in [0.1, 0.15) is 189 Å². The van der Waals surface area contributed by atoms with Crippen LogP contribution in [-0.2, 0) is 10.8 Å². The molecular weight excluding hydrogens is 1570 g/mol. The first-order chi connectivity index (χ1) is 61.8. The third-order valence-corrected chi connectivity index (χ3v) is 23.1. The van der Waals surface area contributed by atoms with Crippen molar-refractivity contribution in [2.45, 2.75) is 170 Å². The number of pyridine rings is 7. The van der Waals surface area contributed by atoms with Crippen molar-refractivity contribution in [2.75, 3.05) is 0 Å². The van der Waals surface area contributed by atoms with Crippen molar-refractivity contribution in [3.63, 3.8) is 0 Å². The lowest BCUT2D eigenvalue weighted by atomic mass is 9.65. The van der Waals surface area contributed by atoms with Gasteiger partial charge in [0.1, 0.15) is 0 Å². The molecule has 0 aliphatic heterocycles. The second kappa shape index (κ2) is 46.4. The van der Waals surface area contributed by atoms with Crippen LogP contribution in [0.2, 0.25) is 0 Å². The Morgan fingerprint density at radius 3 is 0.977 bits per heavy atom. The molecule has 8 nitrogen and oxygen atoms in total. The van der Waals surface area contributed by atoms with E-state index < -0.39 is 0 Å². The molecule has 0 N–H and O–H groups in total. The molecule has 0 spiro atoms. The molecule has 19 rings (SSSR count). The maximum absolute atomic E-state index is 12.2. The number of hydrogen-bond acceptors (Lipinski definition) is 8. The lowest BCUT2D eigenvalue weighted by Crippen LogP contribution is -2.31. The van der Waals surface area contributed by atoms with Crippen molar-refractivity contribution < 1.29 is 4.79 Å². The minimum absolute atomic E-state index is 0.164. The van der Waals surface area contributed by atoms with Crippen LogP contribution in [0.15, 0.2) is 353 Å². The van der Waals surface area contributed by atoms with Crippen molar-refractivity contribution >= 4 is 5.78 Å². The van der Waals surface area contributed by atoms with E-state index in [1.807, 2.05) is 199 Å². The van der Waals surface area contributed by atoms with Crippen LogP contribution >= 0.6 is 0 Å². The number of rotatable bonds is 6. The highest BCUT2D eigenvalue weighted by atomic mass is 16.1. The van der Waals surface area contributed by atoms with Gasteiger partial charge in [0, 0.05) is 94.4 Å². The maximum atomic E-state index is 12.2. The summed E-state index contributed by atoms with van der Waals surface area (Å²) in [5.74, 6) is 0.164. The number of benzene rings is 10. The maximum Gasteiger partial charge on any atom is 0.194 e. The summed E-state index contributed by atoms with van der Waals surface area (Å²) in [6, 6.07) is 110. The first kappa shape index (κ1) is 97.1. The summed E-state index contributed by atoms with van der Waals surface area (Å²) >= 11 is 0. The highest BCUT2D eigenvalue weighted by molar-refractivity contribution is 6.21. The Morgan fingerprint density at radius 2 is 0.628 bits per heavy atom. The van der Waals surface area contributed by atoms with Gasteiger partial charge in [-0.05, 0) is 331 Å². The summed E-state index contributed by atoms with van der Waals surface area (Å²) in [6.45, 7) is 47.5. The highest BCUT2D eigenvalue weighted by Crippen LogP contribution is 2.57. The van der Waals surface area contributed by atoms with Crippen LogP contribution in [0.25, 0.3) is 22.3 Å². The van der Waals surface area contributed by atoms with Crippen LogP contribution < -0.4 is 0 Å². The average Bonchev–Trinajstić information content (AvgIpc) is 1.53. The van der Waals surface area contributed by atoms with E-state index in [0.717, 1.165) is 73.2 Å². The zero-order valence-corrected chi connectivity index (χ0v) is 80.0. The van der Waals surface area contributed by atoms with Crippen LogP contribution in [0.5, 0.6) is 0 Å². The summed E-state index contributed by atoms with van der Waals surface area (Å²) < 4.78 is 0. The number of fused-ring (bicyclic) bond motifs is 6. The van der Waals surface area contributed by atoms with Gasteiger partial charge in [0.25, 0.3) is 0 Å². The van der Waals surface area contributed by atoms with Gasteiger partial charge in [-0.25, -0.2) is 0 Å². The molecule has 2 aliphatic rings. The number of nitrogens with zero attached hydrogens (tertiary/aromatic N) is 7. The molecule has 0 saturated heterocycles. The second-order valence-electron chi connectivity index (χ2n) is 34.4. The highest BCUT2D eigenvalue weighted by Gasteiger charge is 2.46. The normalized spacial score (nSPS) is 11.1. The minimum atomic E-state index is -0.343. The smallest absolute Gasteiger partial charge is 0.194 e. The zero-order chi connectivity index (χ0) is 92.9. The van der Waals surface area contributed by atoms with E-state index in [4.69, 9.17) is 0 Å². The number of carbonyl (C=O) groups is 1. The first-order valence-electron chi connectivity index (χ1n) is 44.5. The van der Waals surface area contributed by atoms with Gasteiger partial charge >= 0.3 is 0 Å². The molecule has 2 aliphatic carbocycles. The molecule has 0 atom stereocenters. The van der Waals surface area contributed by atoms with Crippen molar-refractivity contribution in [1.82, 2.24) is 34.9 Å². The van der Waals surface area contributed by atoms with E-state index in [2.05, 4.69) is 348 Å². The summed E-state index contributed by atoms with van der Waals surface area (Å²) in [5, 5.41) is 0. The third kappa shape index (κ3) is 26.3. The van der Waals surface area contributed by atoms with E-state index in [1.54, 1.807) is 0 Å². The van der Waals surface area contributed by atoms with Gasteiger partial charge in [0.15, 0.2) is 5.78 Å². The molecular formula is C121H127N7O. The fraction of sp³-hybridized carbons (Fsp3) is 0.207. The Labute approximate surface area is 770 Å². The quantitative estimate of drug-likeness (QED) is 0.152. The fourth-order valence-corrected chi connectivity index (χ4v) is 15.7. The van der Waals surface area contributed by atoms with E-state index >= 15 is 0 Å². The van der Waals surface area contributed by atoms with Gasteiger partial charge in [-0.3, -0.25) is 39.7 Å². The van der Waals surface area contributed by atoms with E-state index in [9.17, 15) is 4.79 Å². The first-order valence-corrected chi connectivity index (χ1v) is 44.5. The molecule has 8 heteroatoms. The number of aromatic nitrogens is 7. The number of aryl methyl sites for hydroxylation is 23. The van der Waals surface area contributed by atoms with Gasteiger partial charge in [0.05, 0.1) is 10.8 Å². The topological polar surface area (TPSA) is 107 Å². The molecule has 0 fully saturated rings.